The zero-order valence-corrected chi connectivity index (χ0v) is 11.8. The number of aryl methyl sites for hydroxylation is 2. The third-order valence-electron chi connectivity index (χ3n) is 2.97. The third-order valence-corrected chi connectivity index (χ3v) is 2.97. The van der Waals surface area contributed by atoms with Gasteiger partial charge < -0.3 is 24.7 Å². The summed E-state index contributed by atoms with van der Waals surface area (Å²) in [4.78, 5) is 33.7. The number of nitrogens with one attached hydrogen (secondary N) is 2. The van der Waals surface area contributed by atoms with Crippen LogP contribution in [0.1, 0.15) is 21.0 Å². The molecule has 0 saturated carbocycles. The standard InChI is InChI=1S/C13H14N4O5/c1-16-6-8(15-13(21)22)3-9(16)11(18)14-7-4-10(12(19)20)17(2)5-7/h3-6,15H,1-2H3,(H,14,18)(H,19,20)(H,21,22). The molecule has 0 radical (unpaired) electrons. The zero-order chi connectivity index (χ0) is 16.4. The molecule has 0 atom stereocenters. The molecule has 0 aliphatic heterocycles. The fourth-order valence-electron chi connectivity index (χ4n) is 2.02. The van der Waals surface area contributed by atoms with Gasteiger partial charge in [0.15, 0.2) is 0 Å². The first-order valence-electron chi connectivity index (χ1n) is 6.15. The number of aromatic nitrogens is 2. The molecule has 0 unspecified atom stereocenters. The molecule has 2 aromatic heterocycles. The largest absolute Gasteiger partial charge is 0.477 e. The lowest BCUT2D eigenvalue weighted by molar-refractivity contribution is 0.0686. The van der Waals surface area contributed by atoms with E-state index in [1.54, 1.807) is 14.1 Å². The number of nitrogens with zero attached hydrogens (tertiary/aromatic N) is 2. The summed E-state index contributed by atoms with van der Waals surface area (Å²) in [5.74, 6) is -1.58. The van der Waals surface area contributed by atoms with Crippen LogP contribution in [0.4, 0.5) is 16.2 Å². The van der Waals surface area contributed by atoms with E-state index in [0.29, 0.717) is 5.69 Å². The van der Waals surface area contributed by atoms with Crippen LogP contribution in [-0.4, -0.2) is 37.3 Å². The van der Waals surface area contributed by atoms with Gasteiger partial charge in [-0.05, 0) is 12.1 Å². The molecule has 0 aliphatic carbocycles. The van der Waals surface area contributed by atoms with Crippen molar-refractivity contribution in [3.05, 3.63) is 35.9 Å². The van der Waals surface area contributed by atoms with Crippen molar-refractivity contribution in [1.82, 2.24) is 9.13 Å². The number of aromatic carboxylic acids is 1. The van der Waals surface area contributed by atoms with Crippen LogP contribution >= 0.6 is 0 Å². The summed E-state index contributed by atoms with van der Waals surface area (Å²) in [6.45, 7) is 0. The average molecular weight is 306 g/mol. The molecular weight excluding hydrogens is 292 g/mol. The van der Waals surface area contributed by atoms with E-state index in [0.717, 1.165) is 0 Å². The molecule has 2 amide bonds. The zero-order valence-electron chi connectivity index (χ0n) is 11.8. The first-order chi connectivity index (χ1) is 10.3. The second kappa shape index (κ2) is 5.64. The molecule has 2 aromatic rings. The van der Waals surface area contributed by atoms with Gasteiger partial charge in [-0.25, -0.2) is 9.59 Å². The number of carboxylic acids is 1. The summed E-state index contributed by atoms with van der Waals surface area (Å²) in [5.41, 5.74) is 0.859. The van der Waals surface area contributed by atoms with Crippen molar-refractivity contribution in [1.29, 1.82) is 0 Å². The molecule has 9 heteroatoms. The van der Waals surface area contributed by atoms with E-state index in [9.17, 15) is 14.4 Å². The Labute approximate surface area is 124 Å². The summed E-state index contributed by atoms with van der Waals surface area (Å²) >= 11 is 0. The molecule has 0 fully saturated rings. The molecule has 2 heterocycles. The minimum atomic E-state index is -1.23. The van der Waals surface area contributed by atoms with E-state index in [4.69, 9.17) is 10.2 Å². The van der Waals surface area contributed by atoms with Gasteiger partial charge >= 0.3 is 12.1 Å². The lowest BCUT2D eigenvalue weighted by Gasteiger charge is -2.03. The highest BCUT2D eigenvalue weighted by Crippen LogP contribution is 2.17. The summed E-state index contributed by atoms with van der Waals surface area (Å²) in [7, 11) is 3.14. The third kappa shape index (κ3) is 3.08. The van der Waals surface area contributed by atoms with Gasteiger partial charge in [0.05, 0.1) is 11.4 Å². The van der Waals surface area contributed by atoms with Crippen molar-refractivity contribution < 1.29 is 24.6 Å². The van der Waals surface area contributed by atoms with Crippen LogP contribution in [0.15, 0.2) is 24.5 Å². The van der Waals surface area contributed by atoms with E-state index >= 15 is 0 Å². The Morgan fingerprint density at radius 3 is 1.91 bits per heavy atom. The molecule has 9 nitrogen and oxygen atoms in total. The first kappa shape index (κ1) is 15.2. The van der Waals surface area contributed by atoms with Gasteiger partial charge in [0, 0.05) is 26.5 Å². The predicted molar refractivity (Wildman–Crippen MR) is 77.4 cm³/mol. The minimum absolute atomic E-state index is 0.0374. The molecule has 0 aliphatic rings. The summed E-state index contributed by atoms with van der Waals surface area (Å²) in [6.07, 6.45) is 1.70. The Morgan fingerprint density at radius 1 is 0.909 bits per heavy atom. The van der Waals surface area contributed by atoms with E-state index in [-0.39, 0.29) is 17.1 Å². The molecule has 2 rings (SSSR count). The van der Waals surface area contributed by atoms with Crippen molar-refractivity contribution in [3.8, 4) is 0 Å². The van der Waals surface area contributed by atoms with Crippen LogP contribution in [0.2, 0.25) is 0 Å². The summed E-state index contributed by atoms with van der Waals surface area (Å²) < 4.78 is 2.84. The normalized spacial score (nSPS) is 10.3. The summed E-state index contributed by atoms with van der Waals surface area (Å²) in [6, 6.07) is 2.71. The van der Waals surface area contributed by atoms with Crippen LogP contribution in [0.5, 0.6) is 0 Å². The van der Waals surface area contributed by atoms with Crippen molar-refractivity contribution in [3.63, 3.8) is 0 Å². The highest BCUT2D eigenvalue weighted by Gasteiger charge is 2.16. The van der Waals surface area contributed by atoms with Gasteiger partial charge in [-0.2, -0.15) is 0 Å². The number of amides is 2. The maximum atomic E-state index is 12.2. The Morgan fingerprint density at radius 2 is 1.41 bits per heavy atom. The van der Waals surface area contributed by atoms with Gasteiger partial charge in [0.2, 0.25) is 0 Å². The molecule has 0 aromatic carbocycles. The molecule has 0 bridgehead atoms. The number of hydrogen-bond acceptors (Lipinski definition) is 3. The number of rotatable bonds is 4. The van der Waals surface area contributed by atoms with Gasteiger partial charge in [-0.1, -0.05) is 0 Å². The highest BCUT2D eigenvalue weighted by molar-refractivity contribution is 6.04. The van der Waals surface area contributed by atoms with E-state index in [1.165, 1.54) is 33.7 Å². The van der Waals surface area contributed by atoms with Crippen LogP contribution in [0.3, 0.4) is 0 Å². The smallest absolute Gasteiger partial charge is 0.409 e. The van der Waals surface area contributed by atoms with Gasteiger partial charge in [0.1, 0.15) is 11.4 Å². The quantitative estimate of drug-likeness (QED) is 0.679. The topological polar surface area (TPSA) is 126 Å². The molecule has 116 valence electrons. The fraction of sp³-hybridized carbons (Fsp3) is 0.154. The number of hydrogen-bond donors (Lipinski definition) is 4. The maximum absolute atomic E-state index is 12.2. The van der Waals surface area contributed by atoms with Crippen LogP contribution in [-0.2, 0) is 14.1 Å². The Hall–Kier alpha value is -3.23. The summed E-state index contributed by atoms with van der Waals surface area (Å²) in [5, 5.41) is 22.3. The molecular formula is C13H14N4O5. The van der Waals surface area contributed by atoms with Crippen molar-refractivity contribution in [2.45, 2.75) is 0 Å². The number of carbonyl (C=O) groups is 3. The number of carbonyl (C=O) groups excluding carboxylic acids is 1. The van der Waals surface area contributed by atoms with Crippen LogP contribution < -0.4 is 10.6 Å². The van der Waals surface area contributed by atoms with Crippen molar-refractivity contribution >= 4 is 29.3 Å². The van der Waals surface area contributed by atoms with Crippen LogP contribution in [0.25, 0.3) is 0 Å². The maximum Gasteiger partial charge on any atom is 0.409 e. The van der Waals surface area contributed by atoms with Crippen LogP contribution in [0, 0.1) is 0 Å². The lowest BCUT2D eigenvalue weighted by Crippen LogP contribution is -2.14. The average Bonchev–Trinajstić information content (AvgIpc) is 2.92. The van der Waals surface area contributed by atoms with Gasteiger partial charge in [0.25, 0.3) is 5.91 Å². The lowest BCUT2D eigenvalue weighted by atomic mass is 10.3. The Kier molecular flexibility index (Phi) is 3.89. The van der Waals surface area contributed by atoms with E-state index < -0.39 is 18.0 Å². The van der Waals surface area contributed by atoms with Gasteiger partial charge in [-0.3, -0.25) is 10.1 Å². The second-order valence-corrected chi connectivity index (χ2v) is 4.64. The Balaban J connectivity index is 2.19. The van der Waals surface area contributed by atoms with Crippen molar-refractivity contribution in [2.75, 3.05) is 10.6 Å². The van der Waals surface area contributed by atoms with Crippen molar-refractivity contribution in [2.24, 2.45) is 14.1 Å². The first-order valence-corrected chi connectivity index (χ1v) is 6.15. The fourth-order valence-corrected chi connectivity index (χ4v) is 2.02. The minimum Gasteiger partial charge on any atom is -0.477 e. The SMILES string of the molecule is Cn1cc(NC(=O)c2cc(NC(=O)O)cn2C)cc1C(=O)O. The second-order valence-electron chi connectivity index (χ2n) is 4.64. The number of carboxylic acid groups (broad SMARTS) is 2. The highest BCUT2D eigenvalue weighted by atomic mass is 16.4. The predicted octanol–water partition coefficient (Wildman–Crippen LogP) is 1.40. The monoisotopic (exact) mass is 306 g/mol. The van der Waals surface area contributed by atoms with E-state index in [2.05, 4.69) is 10.6 Å². The molecule has 0 saturated heterocycles. The number of anilines is 2. The Bertz CT molecular complexity index is 759. The molecule has 4 N–H and O–H groups in total. The molecule has 0 spiro atoms. The van der Waals surface area contributed by atoms with E-state index in [1.807, 2.05) is 0 Å². The molecule has 22 heavy (non-hydrogen) atoms. The van der Waals surface area contributed by atoms with Gasteiger partial charge in [-0.15, -0.1) is 0 Å².